The Morgan fingerprint density at radius 1 is 0.808 bits per heavy atom. The van der Waals surface area contributed by atoms with E-state index in [2.05, 4.69) is 156 Å². The third-order valence-electron chi connectivity index (χ3n) is 10.0. The van der Waals surface area contributed by atoms with Gasteiger partial charge in [0.1, 0.15) is 5.82 Å². The van der Waals surface area contributed by atoms with Gasteiger partial charge in [-0.3, -0.25) is 4.68 Å². The van der Waals surface area contributed by atoms with Crippen molar-refractivity contribution < 1.29 is 25.2 Å². The van der Waals surface area contributed by atoms with E-state index in [1.165, 1.54) is 33.5 Å². The number of aromatic nitrogens is 4. The molecule has 0 spiro atoms. The van der Waals surface area contributed by atoms with Gasteiger partial charge in [0.05, 0.1) is 5.69 Å². The molecule has 52 heavy (non-hydrogen) atoms. The molecule has 0 fully saturated rings. The first-order chi connectivity index (χ1) is 24.4. The minimum absolute atomic E-state index is 0. The Labute approximate surface area is 322 Å². The number of para-hydroxylation sites is 1. The van der Waals surface area contributed by atoms with Gasteiger partial charge in [0.2, 0.25) is 0 Å². The Morgan fingerprint density at radius 2 is 1.56 bits per heavy atom. The van der Waals surface area contributed by atoms with Crippen molar-refractivity contribution in [3.05, 3.63) is 131 Å². The summed E-state index contributed by atoms with van der Waals surface area (Å²) in [5.41, 5.74) is 12.5. The molecule has 0 unspecified atom stereocenters. The first-order valence-corrected chi connectivity index (χ1v) is 18.3. The second-order valence-corrected chi connectivity index (χ2v) is 15.2. The maximum Gasteiger partial charge on any atom is 2.00 e. The van der Waals surface area contributed by atoms with Gasteiger partial charge in [0, 0.05) is 34.5 Å². The van der Waals surface area contributed by atoms with Gasteiger partial charge in [0.25, 0.3) is 0 Å². The van der Waals surface area contributed by atoms with Gasteiger partial charge < -0.3 is 9.30 Å². The van der Waals surface area contributed by atoms with Crippen LogP contribution in [0.1, 0.15) is 93.9 Å². The molecule has 0 saturated carbocycles. The quantitative estimate of drug-likeness (QED) is 0.108. The van der Waals surface area contributed by atoms with Crippen LogP contribution in [0.5, 0.6) is 11.5 Å². The van der Waals surface area contributed by atoms with Gasteiger partial charge in [-0.05, 0) is 96.5 Å². The van der Waals surface area contributed by atoms with Crippen LogP contribution in [0.4, 0.5) is 0 Å². The van der Waals surface area contributed by atoms with Gasteiger partial charge in [-0.1, -0.05) is 89.9 Å². The van der Waals surface area contributed by atoms with Gasteiger partial charge in [0.15, 0.2) is 0 Å². The molecular formula is C46H48N4OPd. The molecule has 0 amide bonds. The third kappa shape index (κ3) is 7.00. The van der Waals surface area contributed by atoms with Crippen LogP contribution in [0.3, 0.4) is 0 Å². The van der Waals surface area contributed by atoms with Gasteiger partial charge >= 0.3 is 20.4 Å². The Hall–Kier alpha value is -4.50. The number of benzene rings is 4. The minimum Gasteiger partial charge on any atom is -0.509 e. The maximum atomic E-state index is 6.73. The molecule has 0 radical (unpaired) electrons. The van der Waals surface area contributed by atoms with Crippen molar-refractivity contribution in [1.82, 2.24) is 19.3 Å². The molecule has 7 aromatic rings. The molecule has 3 heterocycles. The summed E-state index contributed by atoms with van der Waals surface area (Å²) in [5, 5.41) is 7.47. The zero-order valence-electron chi connectivity index (χ0n) is 31.8. The number of unbranched alkanes of at least 4 members (excludes halogenated alkanes) is 1. The van der Waals surface area contributed by atoms with E-state index in [1.54, 1.807) is 0 Å². The molecule has 0 aliphatic heterocycles. The van der Waals surface area contributed by atoms with Crippen molar-refractivity contribution in [2.24, 2.45) is 0 Å². The second-order valence-electron chi connectivity index (χ2n) is 15.2. The zero-order chi connectivity index (χ0) is 36.0. The van der Waals surface area contributed by atoms with E-state index >= 15 is 0 Å². The molecule has 0 saturated heterocycles. The molecule has 268 valence electrons. The molecule has 0 aliphatic carbocycles. The van der Waals surface area contributed by atoms with Crippen LogP contribution >= 0.6 is 0 Å². The zero-order valence-corrected chi connectivity index (χ0v) is 33.3. The van der Waals surface area contributed by atoms with Crippen LogP contribution in [-0.2, 0) is 32.3 Å². The number of pyridine rings is 1. The van der Waals surface area contributed by atoms with Crippen molar-refractivity contribution in [2.75, 3.05) is 0 Å². The number of nitrogens with zero attached hydrogens (tertiary/aromatic N) is 4. The first kappa shape index (κ1) is 37.3. The topological polar surface area (TPSA) is 44.9 Å². The summed E-state index contributed by atoms with van der Waals surface area (Å²) in [5.74, 6) is 2.52. The summed E-state index contributed by atoms with van der Waals surface area (Å²) in [4.78, 5) is 4.82. The molecule has 0 bridgehead atoms. The summed E-state index contributed by atoms with van der Waals surface area (Å²) >= 11 is 0. The van der Waals surface area contributed by atoms with Gasteiger partial charge in [-0.2, -0.15) is 11.2 Å². The second kappa shape index (κ2) is 14.9. The Bertz CT molecular complexity index is 2370. The molecule has 0 atom stereocenters. The SMILES string of the molecule is CCCCc1c(-c2c(C)cccc2C)c(C)nn1-c1[c-]c(Oc2[c-]c3c(cc2)c2ccccc2n3-c2cc(C(C)C)ccn2)cc(C(C)(C)C)c1.[Pd+2]. The largest absolute Gasteiger partial charge is 2.00 e. The van der Waals surface area contributed by atoms with Crippen molar-refractivity contribution in [1.29, 1.82) is 0 Å². The van der Waals surface area contributed by atoms with E-state index in [-0.39, 0.29) is 25.8 Å². The predicted octanol–water partition coefficient (Wildman–Crippen LogP) is 12.1. The van der Waals surface area contributed by atoms with Gasteiger partial charge in [-0.15, -0.1) is 41.3 Å². The Balaban J connectivity index is 0.00000464. The summed E-state index contributed by atoms with van der Waals surface area (Å²) in [7, 11) is 0. The van der Waals surface area contributed by atoms with E-state index < -0.39 is 0 Å². The molecule has 0 N–H and O–H groups in total. The summed E-state index contributed by atoms with van der Waals surface area (Å²) in [6.45, 7) is 19.9. The fourth-order valence-electron chi connectivity index (χ4n) is 7.22. The van der Waals surface area contributed by atoms with E-state index in [0.717, 1.165) is 63.8 Å². The minimum atomic E-state index is -0.129. The Morgan fingerprint density at radius 3 is 2.27 bits per heavy atom. The van der Waals surface area contributed by atoms with Crippen LogP contribution in [0.15, 0.2) is 85.1 Å². The monoisotopic (exact) mass is 778 g/mol. The van der Waals surface area contributed by atoms with E-state index in [4.69, 9.17) is 14.8 Å². The number of ether oxygens (including phenoxy) is 1. The number of rotatable bonds is 9. The third-order valence-corrected chi connectivity index (χ3v) is 10.0. The van der Waals surface area contributed by atoms with Crippen LogP contribution in [0, 0.1) is 32.9 Å². The molecule has 4 aromatic carbocycles. The number of hydrogen-bond donors (Lipinski definition) is 0. The van der Waals surface area contributed by atoms with Crippen LogP contribution in [-0.4, -0.2) is 19.3 Å². The first-order valence-electron chi connectivity index (χ1n) is 18.3. The summed E-state index contributed by atoms with van der Waals surface area (Å²) < 4.78 is 11.0. The molecule has 0 aliphatic rings. The number of aryl methyl sites for hydroxylation is 3. The van der Waals surface area contributed by atoms with Crippen molar-refractivity contribution >= 4 is 21.8 Å². The molecule has 3 aromatic heterocycles. The van der Waals surface area contributed by atoms with Crippen LogP contribution in [0.2, 0.25) is 0 Å². The van der Waals surface area contributed by atoms with Crippen LogP contribution in [0.25, 0.3) is 44.4 Å². The van der Waals surface area contributed by atoms with Crippen molar-refractivity contribution in [3.63, 3.8) is 0 Å². The van der Waals surface area contributed by atoms with Gasteiger partial charge in [-0.25, -0.2) is 4.98 Å². The summed E-state index contributed by atoms with van der Waals surface area (Å²) in [6.07, 6.45) is 5.00. The Kier molecular flexibility index (Phi) is 10.6. The van der Waals surface area contributed by atoms with Crippen molar-refractivity contribution in [3.8, 4) is 34.1 Å². The van der Waals surface area contributed by atoms with Crippen LogP contribution < -0.4 is 4.74 Å². The number of fused-ring (bicyclic) bond motifs is 3. The molecule has 6 heteroatoms. The fraction of sp³-hybridized carbons (Fsp3) is 0.304. The van der Waals surface area contributed by atoms with E-state index in [1.807, 2.05) is 12.3 Å². The van der Waals surface area contributed by atoms with Crippen molar-refractivity contribution in [2.45, 2.75) is 92.9 Å². The summed E-state index contributed by atoms with van der Waals surface area (Å²) in [6, 6.07) is 35.0. The number of hydrogen-bond acceptors (Lipinski definition) is 3. The molecular weight excluding hydrogens is 731 g/mol. The fourth-order valence-corrected chi connectivity index (χ4v) is 7.22. The standard InChI is InChI=1S/C46H48N4O.Pd/c1-10-11-18-41-45(44-30(4)15-14-16-31(44)5)32(6)48-50(41)35-25-34(46(7,8)9)26-37(27-35)51-36-20-21-39-38-17-12-13-19-40(38)49(42(39)28-36)43-24-33(29(2)3)22-23-47-43;/h12-17,19-26,29H,10-11,18H2,1-9H3;/q-2;+2. The van der Waals surface area contributed by atoms with E-state index in [9.17, 15) is 0 Å². The normalized spacial score (nSPS) is 11.8. The smallest absolute Gasteiger partial charge is 0.509 e. The van der Waals surface area contributed by atoms with E-state index in [0.29, 0.717) is 17.4 Å². The average Bonchev–Trinajstić information content (AvgIpc) is 3.60. The maximum absolute atomic E-state index is 6.73. The predicted molar refractivity (Wildman–Crippen MR) is 211 cm³/mol. The average molecular weight is 779 g/mol. The molecule has 7 rings (SSSR count). The molecule has 5 nitrogen and oxygen atoms in total.